The molecule has 0 unspecified atom stereocenters. The Hall–Kier alpha value is -0.970. The average Bonchev–Trinajstić information content (AvgIpc) is 2.23. The van der Waals surface area contributed by atoms with Gasteiger partial charge in [-0.2, -0.15) is 0 Å². The molecule has 0 amide bonds. The van der Waals surface area contributed by atoms with Crippen molar-refractivity contribution < 1.29 is 8.78 Å². The van der Waals surface area contributed by atoms with E-state index in [0.717, 1.165) is 15.2 Å². The summed E-state index contributed by atoms with van der Waals surface area (Å²) in [5, 5.41) is 0. The summed E-state index contributed by atoms with van der Waals surface area (Å²) < 4.78 is 26.8. The number of halogens is 3. The molecule has 2 aromatic carbocycles. The minimum absolute atomic E-state index is 0.685. The summed E-state index contributed by atoms with van der Waals surface area (Å²) in [4.78, 5) is 0. The highest BCUT2D eigenvalue weighted by Crippen LogP contribution is 2.22. The standard InChI is InChI=1S/C12H7F2I/c13-11-6-3-9(7-12(11)14)8-1-4-10(15)5-2-8/h1-7H. The number of benzene rings is 2. The molecule has 0 N–H and O–H groups in total. The van der Waals surface area contributed by atoms with Crippen LogP contribution in [-0.4, -0.2) is 0 Å². The fourth-order valence-corrected chi connectivity index (χ4v) is 1.68. The number of hydrogen-bond acceptors (Lipinski definition) is 0. The van der Waals surface area contributed by atoms with Crippen LogP contribution >= 0.6 is 22.6 Å². The highest BCUT2D eigenvalue weighted by Gasteiger charge is 2.03. The predicted octanol–water partition coefficient (Wildman–Crippen LogP) is 4.24. The van der Waals surface area contributed by atoms with Gasteiger partial charge in [-0.15, -0.1) is 0 Å². The lowest BCUT2D eigenvalue weighted by Gasteiger charge is -2.02. The van der Waals surface area contributed by atoms with Gasteiger partial charge in [0.25, 0.3) is 0 Å². The van der Waals surface area contributed by atoms with Crippen LogP contribution < -0.4 is 0 Å². The Morgan fingerprint density at radius 2 is 1.33 bits per heavy atom. The minimum atomic E-state index is -0.815. The Labute approximate surface area is 100 Å². The van der Waals surface area contributed by atoms with E-state index in [9.17, 15) is 8.78 Å². The lowest BCUT2D eigenvalue weighted by Crippen LogP contribution is -1.85. The van der Waals surface area contributed by atoms with Crippen LogP contribution in [0.2, 0.25) is 0 Å². The van der Waals surface area contributed by atoms with Crippen molar-refractivity contribution in [1.29, 1.82) is 0 Å². The molecule has 76 valence electrons. The Kier molecular flexibility index (Phi) is 3.00. The average molecular weight is 316 g/mol. The van der Waals surface area contributed by atoms with Gasteiger partial charge in [-0.3, -0.25) is 0 Å². The molecule has 0 aliphatic carbocycles. The molecular weight excluding hydrogens is 309 g/mol. The van der Waals surface area contributed by atoms with Gasteiger partial charge in [0, 0.05) is 3.57 Å². The molecule has 0 aliphatic heterocycles. The van der Waals surface area contributed by atoms with Gasteiger partial charge in [-0.25, -0.2) is 8.78 Å². The molecule has 0 heterocycles. The van der Waals surface area contributed by atoms with Gasteiger partial charge in [0.1, 0.15) is 0 Å². The molecule has 0 fully saturated rings. The van der Waals surface area contributed by atoms with Crippen molar-refractivity contribution in [2.24, 2.45) is 0 Å². The second kappa shape index (κ2) is 4.26. The van der Waals surface area contributed by atoms with E-state index in [4.69, 9.17) is 0 Å². The quantitative estimate of drug-likeness (QED) is 0.691. The van der Waals surface area contributed by atoms with Gasteiger partial charge < -0.3 is 0 Å². The second-order valence-corrected chi connectivity index (χ2v) is 4.38. The highest BCUT2D eigenvalue weighted by molar-refractivity contribution is 14.1. The van der Waals surface area contributed by atoms with E-state index in [0.29, 0.717) is 5.56 Å². The van der Waals surface area contributed by atoms with Crippen LogP contribution in [0, 0.1) is 15.2 Å². The molecule has 0 radical (unpaired) electrons. The molecule has 0 nitrogen and oxygen atoms in total. The zero-order valence-corrected chi connectivity index (χ0v) is 9.83. The fraction of sp³-hybridized carbons (Fsp3) is 0. The summed E-state index contributed by atoms with van der Waals surface area (Å²) >= 11 is 2.19. The summed E-state index contributed by atoms with van der Waals surface area (Å²) in [5.74, 6) is -1.63. The van der Waals surface area contributed by atoms with Gasteiger partial charge in [-0.05, 0) is 58.0 Å². The van der Waals surface area contributed by atoms with E-state index in [1.54, 1.807) is 6.07 Å². The lowest BCUT2D eigenvalue weighted by atomic mass is 10.1. The zero-order valence-electron chi connectivity index (χ0n) is 7.68. The Bertz CT molecular complexity index is 477. The van der Waals surface area contributed by atoms with Crippen LogP contribution in [0.3, 0.4) is 0 Å². The SMILES string of the molecule is Fc1ccc(-c2ccc(I)cc2)cc1F. The monoisotopic (exact) mass is 316 g/mol. The van der Waals surface area contributed by atoms with Crippen molar-refractivity contribution in [2.75, 3.05) is 0 Å². The van der Waals surface area contributed by atoms with Gasteiger partial charge in [0.2, 0.25) is 0 Å². The first-order chi connectivity index (χ1) is 7.16. The van der Waals surface area contributed by atoms with Crippen LogP contribution in [0.15, 0.2) is 42.5 Å². The first-order valence-corrected chi connectivity index (χ1v) is 5.46. The molecule has 3 heteroatoms. The van der Waals surface area contributed by atoms with E-state index in [2.05, 4.69) is 22.6 Å². The van der Waals surface area contributed by atoms with Crippen molar-refractivity contribution in [3.05, 3.63) is 57.7 Å². The number of hydrogen-bond donors (Lipinski definition) is 0. The molecule has 15 heavy (non-hydrogen) atoms. The van der Waals surface area contributed by atoms with Gasteiger partial charge in [0.05, 0.1) is 0 Å². The van der Waals surface area contributed by atoms with Crippen molar-refractivity contribution >= 4 is 22.6 Å². The zero-order chi connectivity index (χ0) is 10.8. The summed E-state index contributed by atoms with van der Waals surface area (Å²) in [6, 6.07) is 11.5. The largest absolute Gasteiger partial charge is 0.204 e. The maximum atomic E-state index is 13.0. The molecule has 0 atom stereocenters. The third kappa shape index (κ3) is 2.34. The van der Waals surface area contributed by atoms with E-state index in [-0.39, 0.29) is 0 Å². The Morgan fingerprint density at radius 1 is 0.733 bits per heavy atom. The maximum Gasteiger partial charge on any atom is 0.159 e. The number of rotatable bonds is 1. The molecule has 0 saturated heterocycles. The van der Waals surface area contributed by atoms with Gasteiger partial charge in [0.15, 0.2) is 11.6 Å². The van der Waals surface area contributed by atoms with Crippen LogP contribution in [0.25, 0.3) is 11.1 Å². The molecule has 0 aromatic heterocycles. The van der Waals surface area contributed by atoms with Crippen LogP contribution in [0.4, 0.5) is 8.78 Å². The van der Waals surface area contributed by atoms with Crippen molar-refractivity contribution in [2.45, 2.75) is 0 Å². The molecule has 2 aromatic rings. The van der Waals surface area contributed by atoms with E-state index < -0.39 is 11.6 Å². The normalized spacial score (nSPS) is 10.3. The second-order valence-electron chi connectivity index (χ2n) is 3.14. The maximum absolute atomic E-state index is 13.0. The predicted molar refractivity (Wildman–Crippen MR) is 64.5 cm³/mol. The lowest BCUT2D eigenvalue weighted by molar-refractivity contribution is 0.509. The molecular formula is C12H7F2I. The van der Waals surface area contributed by atoms with Crippen molar-refractivity contribution in [1.82, 2.24) is 0 Å². The Balaban J connectivity index is 2.45. The van der Waals surface area contributed by atoms with E-state index >= 15 is 0 Å². The van der Waals surface area contributed by atoms with Gasteiger partial charge >= 0.3 is 0 Å². The first-order valence-electron chi connectivity index (χ1n) is 4.38. The van der Waals surface area contributed by atoms with Gasteiger partial charge in [-0.1, -0.05) is 18.2 Å². The summed E-state index contributed by atoms with van der Waals surface area (Å²) in [5.41, 5.74) is 1.57. The topological polar surface area (TPSA) is 0 Å². The third-order valence-corrected chi connectivity index (χ3v) is 2.82. The van der Waals surface area contributed by atoms with E-state index in [1.807, 2.05) is 24.3 Å². The smallest absolute Gasteiger partial charge is 0.159 e. The fourth-order valence-electron chi connectivity index (χ4n) is 1.32. The molecule has 0 aliphatic rings. The molecule has 0 spiro atoms. The summed E-state index contributed by atoms with van der Waals surface area (Å²) in [6.07, 6.45) is 0. The summed E-state index contributed by atoms with van der Waals surface area (Å²) in [6.45, 7) is 0. The van der Waals surface area contributed by atoms with Crippen LogP contribution in [-0.2, 0) is 0 Å². The molecule has 0 bridgehead atoms. The van der Waals surface area contributed by atoms with Crippen molar-refractivity contribution in [3.63, 3.8) is 0 Å². The minimum Gasteiger partial charge on any atom is -0.204 e. The summed E-state index contributed by atoms with van der Waals surface area (Å²) in [7, 11) is 0. The van der Waals surface area contributed by atoms with Crippen LogP contribution in [0.1, 0.15) is 0 Å². The van der Waals surface area contributed by atoms with E-state index in [1.165, 1.54) is 6.07 Å². The molecule has 0 saturated carbocycles. The third-order valence-electron chi connectivity index (χ3n) is 2.10. The Morgan fingerprint density at radius 3 is 1.93 bits per heavy atom. The van der Waals surface area contributed by atoms with Crippen LogP contribution in [0.5, 0.6) is 0 Å². The van der Waals surface area contributed by atoms with Crippen molar-refractivity contribution in [3.8, 4) is 11.1 Å². The highest BCUT2D eigenvalue weighted by atomic mass is 127. The first kappa shape index (κ1) is 10.5. The molecule has 2 rings (SSSR count).